The highest BCUT2D eigenvalue weighted by molar-refractivity contribution is 6.32. The maximum atomic E-state index is 12.1. The van der Waals surface area contributed by atoms with Gasteiger partial charge in [0.05, 0.1) is 12.6 Å². The monoisotopic (exact) mass is 335 g/mol. The molecule has 3 nitrogen and oxygen atoms in total. The van der Waals surface area contributed by atoms with Crippen LogP contribution in [0.3, 0.4) is 0 Å². The molecule has 0 saturated carbocycles. The van der Waals surface area contributed by atoms with Crippen LogP contribution in [0.1, 0.15) is 67.6 Å². The number of hydrogen-bond acceptors (Lipinski definition) is 2. The third kappa shape index (κ3) is 3.89. The van der Waals surface area contributed by atoms with Crippen LogP contribution in [-0.4, -0.2) is 18.1 Å². The fourth-order valence-electron chi connectivity index (χ4n) is 3.04. The van der Waals surface area contributed by atoms with E-state index in [1.165, 1.54) is 20.0 Å². The number of aromatic amines is 1. The zero-order chi connectivity index (χ0) is 16.8. The van der Waals surface area contributed by atoms with E-state index in [-0.39, 0.29) is 5.97 Å². The Morgan fingerprint density at radius 2 is 1.78 bits per heavy atom. The number of H-pyrrole nitrogens is 1. The average Bonchev–Trinajstić information content (AvgIpc) is 2.93. The molecule has 1 heterocycles. The van der Waals surface area contributed by atoms with E-state index in [0.717, 1.165) is 59.2 Å². The molecule has 0 radical (unpaired) electrons. The number of ether oxygens (including phenoxy) is 1. The van der Waals surface area contributed by atoms with Gasteiger partial charge in [-0.1, -0.05) is 50.8 Å². The Bertz CT molecular complexity index is 676. The zero-order valence-electron chi connectivity index (χ0n) is 14.3. The number of aryl methyl sites for hydroxylation is 2. The van der Waals surface area contributed by atoms with Crippen molar-refractivity contribution in [1.82, 2.24) is 4.98 Å². The molecule has 2 rings (SSSR count). The fraction of sp³-hybridized carbons (Fsp3) is 0.526. The Kier molecular flexibility index (Phi) is 6.52. The number of hydrogen-bond donors (Lipinski definition) is 1. The summed E-state index contributed by atoms with van der Waals surface area (Å²) in [6.45, 7) is 4.34. The van der Waals surface area contributed by atoms with E-state index in [1.807, 2.05) is 12.1 Å². The van der Waals surface area contributed by atoms with Gasteiger partial charge in [-0.3, -0.25) is 0 Å². The minimum absolute atomic E-state index is 0.303. The molecule has 0 spiro atoms. The van der Waals surface area contributed by atoms with Gasteiger partial charge < -0.3 is 9.72 Å². The van der Waals surface area contributed by atoms with Crippen molar-refractivity contribution >= 4 is 28.5 Å². The van der Waals surface area contributed by atoms with E-state index in [0.29, 0.717) is 5.69 Å². The molecule has 0 unspecified atom stereocenters. The number of benzene rings is 1. The lowest BCUT2D eigenvalue weighted by atomic mass is 10.00. The highest BCUT2D eigenvalue weighted by Crippen LogP contribution is 2.32. The van der Waals surface area contributed by atoms with Crippen LogP contribution in [0, 0.1) is 0 Å². The molecule has 23 heavy (non-hydrogen) atoms. The molecule has 1 aromatic carbocycles. The number of nitrogens with one attached hydrogen (secondary N) is 1. The Labute approximate surface area is 143 Å². The number of carbonyl (C=O) groups excluding carboxylic acids is 1. The smallest absolute Gasteiger partial charge is 0.354 e. The van der Waals surface area contributed by atoms with Crippen LogP contribution in [0.4, 0.5) is 0 Å². The summed E-state index contributed by atoms with van der Waals surface area (Å²) in [6, 6.07) is 3.98. The van der Waals surface area contributed by atoms with E-state index >= 15 is 0 Å². The van der Waals surface area contributed by atoms with Gasteiger partial charge in [-0.15, -0.1) is 0 Å². The van der Waals surface area contributed by atoms with Crippen molar-refractivity contribution < 1.29 is 9.53 Å². The molecule has 2 aromatic rings. The highest BCUT2D eigenvalue weighted by Gasteiger charge is 2.20. The number of carbonyl (C=O) groups is 1. The predicted octanol–water partition coefficient (Wildman–Crippen LogP) is 5.68. The third-order valence-electron chi connectivity index (χ3n) is 4.33. The number of fused-ring (bicyclic) bond motifs is 1. The zero-order valence-corrected chi connectivity index (χ0v) is 15.1. The Balaban J connectivity index is 2.53. The largest absolute Gasteiger partial charge is 0.464 e. The van der Waals surface area contributed by atoms with E-state index in [2.05, 4.69) is 18.8 Å². The van der Waals surface area contributed by atoms with Gasteiger partial charge >= 0.3 is 5.97 Å². The lowest BCUT2D eigenvalue weighted by molar-refractivity contribution is 0.0594. The van der Waals surface area contributed by atoms with Crippen molar-refractivity contribution in [3.63, 3.8) is 0 Å². The molecule has 0 fully saturated rings. The fourth-order valence-corrected chi connectivity index (χ4v) is 3.29. The summed E-state index contributed by atoms with van der Waals surface area (Å²) in [4.78, 5) is 15.4. The number of esters is 1. The molecule has 0 bridgehead atoms. The Morgan fingerprint density at radius 1 is 1.09 bits per heavy atom. The minimum Gasteiger partial charge on any atom is -0.464 e. The van der Waals surface area contributed by atoms with Crippen molar-refractivity contribution in [1.29, 1.82) is 0 Å². The van der Waals surface area contributed by atoms with E-state index < -0.39 is 0 Å². The maximum Gasteiger partial charge on any atom is 0.354 e. The molecular formula is C19H26ClNO2. The normalized spacial score (nSPS) is 11.1. The van der Waals surface area contributed by atoms with Crippen molar-refractivity contribution in [2.24, 2.45) is 0 Å². The molecule has 4 heteroatoms. The maximum absolute atomic E-state index is 12.1. The average molecular weight is 336 g/mol. The van der Waals surface area contributed by atoms with Gasteiger partial charge in [0.1, 0.15) is 5.69 Å². The van der Waals surface area contributed by atoms with Gasteiger partial charge in [0.25, 0.3) is 0 Å². The van der Waals surface area contributed by atoms with Gasteiger partial charge in [-0.2, -0.15) is 0 Å². The summed E-state index contributed by atoms with van der Waals surface area (Å²) in [6.07, 6.45) is 7.39. The molecule has 0 aliphatic carbocycles. The van der Waals surface area contributed by atoms with Crippen molar-refractivity contribution in [3.8, 4) is 0 Å². The minimum atomic E-state index is -0.303. The SMILES string of the molecule is CCCCCc1c(Cl)ccc2c(CCCC)c(C(=O)OC)[nH]c12. The predicted molar refractivity (Wildman–Crippen MR) is 96.5 cm³/mol. The molecule has 0 amide bonds. The van der Waals surface area contributed by atoms with Gasteiger partial charge in [-0.05, 0) is 42.9 Å². The molecular weight excluding hydrogens is 310 g/mol. The first-order chi connectivity index (χ1) is 11.1. The number of unbranched alkanes of at least 4 members (excludes halogenated alkanes) is 3. The number of methoxy groups -OCH3 is 1. The number of halogens is 1. The van der Waals surface area contributed by atoms with Crippen molar-refractivity contribution in [2.75, 3.05) is 7.11 Å². The molecule has 1 N–H and O–H groups in total. The molecule has 0 aliphatic rings. The van der Waals surface area contributed by atoms with E-state index in [4.69, 9.17) is 16.3 Å². The van der Waals surface area contributed by atoms with Crippen LogP contribution >= 0.6 is 11.6 Å². The van der Waals surface area contributed by atoms with Gasteiger partial charge in [0.15, 0.2) is 0 Å². The standard InChI is InChI=1S/C19H26ClNO2/c1-4-6-8-10-15-16(20)12-11-14-13(9-7-5-2)18(19(22)23-3)21-17(14)15/h11-12,21H,4-10H2,1-3H3. The quantitative estimate of drug-likeness (QED) is 0.498. The topological polar surface area (TPSA) is 42.1 Å². The number of rotatable bonds is 8. The molecule has 126 valence electrons. The summed E-state index contributed by atoms with van der Waals surface area (Å²) in [5, 5.41) is 1.88. The van der Waals surface area contributed by atoms with E-state index in [1.54, 1.807) is 0 Å². The van der Waals surface area contributed by atoms with Crippen LogP contribution < -0.4 is 0 Å². The molecule has 1 aromatic heterocycles. The second kappa shape index (κ2) is 8.39. The van der Waals surface area contributed by atoms with Crippen LogP contribution in [0.15, 0.2) is 12.1 Å². The highest BCUT2D eigenvalue weighted by atomic mass is 35.5. The lowest BCUT2D eigenvalue weighted by Gasteiger charge is -2.06. The lowest BCUT2D eigenvalue weighted by Crippen LogP contribution is -2.05. The summed E-state index contributed by atoms with van der Waals surface area (Å²) >= 11 is 6.43. The number of aromatic nitrogens is 1. The summed E-state index contributed by atoms with van der Waals surface area (Å²) < 4.78 is 4.95. The first-order valence-corrected chi connectivity index (χ1v) is 8.92. The van der Waals surface area contributed by atoms with Gasteiger partial charge in [0.2, 0.25) is 0 Å². The second-order valence-electron chi connectivity index (χ2n) is 5.98. The summed E-state index contributed by atoms with van der Waals surface area (Å²) in [5.74, 6) is -0.303. The Hall–Kier alpha value is -1.48. The molecule has 0 aliphatic heterocycles. The molecule has 0 saturated heterocycles. The van der Waals surface area contributed by atoms with Crippen molar-refractivity contribution in [3.05, 3.63) is 34.0 Å². The first-order valence-electron chi connectivity index (χ1n) is 8.54. The van der Waals surface area contributed by atoms with Crippen LogP contribution in [0.5, 0.6) is 0 Å². The van der Waals surface area contributed by atoms with Crippen LogP contribution in [-0.2, 0) is 17.6 Å². The Morgan fingerprint density at radius 3 is 2.43 bits per heavy atom. The van der Waals surface area contributed by atoms with Crippen LogP contribution in [0.25, 0.3) is 10.9 Å². The van der Waals surface area contributed by atoms with Crippen LogP contribution in [0.2, 0.25) is 5.02 Å². The van der Waals surface area contributed by atoms with Crippen molar-refractivity contribution in [2.45, 2.75) is 58.8 Å². The third-order valence-corrected chi connectivity index (χ3v) is 4.69. The first kappa shape index (κ1) is 17.9. The molecule has 0 atom stereocenters. The second-order valence-corrected chi connectivity index (χ2v) is 6.39. The van der Waals surface area contributed by atoms with Gasteiger partial charge in [-0.25, -0.2) is 4.79 Å². The van der Waals surface area contributed by atoms with E-state index in [9.17, 15) is 4.79 Å². The summed E-state index contributed by atoms with van der Waals surface area (Å²) in [7, 11) is 1.42. The van der Waals surface area contributed by atoms with Gasteiger partial charge in [0, 0.05) is 10.4 Å². The summed E-state index contributed by atoms with van der Waals surface area (Å²) in [5.41, 5.74) is 3.75.